The van der Waals surface area contributed by atoms with E-state index in [1.165, 1.54) is 10.9 Å². The number of fused-ring (bicyclic) bond motifs is 1. The SMILES string of the molecule is Cn1nc(C(=O)O)c2c(-c3cccc(NC=C(C#N)c4nn[nH]n4)c3)ccnc21. The van der Waals surface area contributed by atoms with Crippen LogP contribution in [0.2, 0.25) is 0 Å². The number of nitrogens with zero attached hydrogens (tertiary/aromatic N) is 7. The molecule has 29 heavy (non-hydrogen) atoms. The molecule has 3 N–H and O–H groups in total. The van der Waals surface area contributed by atoms with Crippen molar-refractivity contribution in [2.75, 3.05) is 5.32 Å². The Bertz CT molecular complexity index is 1280. The van der Waals surface area contributed by atoms with Crippen molar-refractivity contribution in [1.29, 1.82) is 5.26 Å². The molecule has 1 aromatic carbocycles. The van der Waals surface area contributed by atoms with E-state index in [0.717, 1.165) is 5.56 Å². The lowest BCUT2D eigenvalue weighted by molar-refractivity contribution is 0.0691. The average molecular weight is 387 g/mol. The average Bonchev–Trinajstić information content (AvgIpc) is 3.37. The number of anilines is 1. The first kappa shape index (κ1) is 17.8. The summed E-state index contributed by atoms with van der Waals surface area (Å²) in [6.07, 6.45) is 3.08. The van der Waals surface area contributed by atoms with Gasteiger partial charge in [0.2, 0.25) is 5.82 Å². The molecule has 4 rings (SSSR count). The summed E-state index contributed by atoms with van der Waals surface area (Å²) in [4.78, 5) is 15.9. The first-order chi connectivity index (χ1) is 14.1. The van der Waals surface area contributed by atoms with E-state index in [1.807, 2.05) is 30.3 Å². The smallest absolute Gasteiger partial charge is 0.357 e. The number of aromatic nitrogens is 7. The van der Waals surface area contributed by atoms with Gasteiger partial charge >= 0.3 is 5.97 Å². The van der Waals surface area contributed by atoms with Gasteiger partial charge in [0.25, 0.3) is 0 Å². The molecular weight excluding hydrogens is 374 g/mol. The number of tetrazole rings is 1. The van der Waals surface area contributed by atoms with Gasteiger partial charge in [0.05, 0.1) is 5.39 Å². The van der Waals surface area contributed by atoms with Crippen LogP contribution in [0.4, 0.5) is 5.69 Å². The summed E-state index contributed by atoms with van der Waals surface area (Å²) in [7, 11) is 1.65. The van der Waals surface area contributed by atoms with Crippen molar-refractivity contribution in [3.63, 3.8) is 0 Å². The number of hydrogen-bond acceptors (Lipinski definition) is 8. The number of aromatic amines is 1. The second kappa shape index (κ2) is 7.20. The second-order valence-corrected chi connectivity index (χ2v) is 5.96. The highest BCUT2D eigenvalue weighted by molar-refractivity contribution is 6.07. The van der Waals surface area contributed by atoms with Crippen LogP contribution in [0, 0.1) is 11.3 Å². The van der Waals surface area contributed by atoms with Crippen molar-refractivity contribution in [3.05, 3.63) is 54.2 Å². The number of nitriles is 1. The summed E-state index contributed by atoms with van der Waals surface area (Å²) in [5.41, 5.74) is 2.76. The summed E-state index contributed by atoms with van der Waals surface area (Å²) in [6.45, 7) is 0. The van der Waals surface area contributed by atoms with Crippen LogP contribution in [0.5, 0.6) is 0 Å². The zero-order valence-electron chi connectivity index (χ0n) is 15.0. The Morgan fingerprint density at radius 1 is 1.38 bits per heavy atom. The number of nitrogens with one attached hydrogen (secondary N) is 2. The maximum absolute atomic E-state index is 11.6. The fourth-order valence-corrected chi connectivity index (χ4v) is 2.92. The van der Waals surface area contributed by atoms with E-state index >= 15 is 0 Å². The number of carboxylic acid groups (broad SMARTS) is 1. The number of H-pyrrole nitrogens is 1. The van der Waals surface area contributed by atoms with Gasteiger partial charge in [-0.3, -0.25) is 0 Å². The van der Waals surface area contributed by atoms with Gasteiger partial charge in [0.1, 0.15) is 11.6 Å². The van der Waals surface area contributed by atoms with Crippen LogP contribution in [-0.2, 0) is 7.05 Å². The third kappa shape index (κ3) is 3.26. The van der Waals surface area contributed by atoms with Crippen molar-refractivity contribution in [3.8, 4) is 17.2 Å². The Hall–Kier alpha value is -4.59. The second-order valence-electron chi connectivity index (χ2n) is 5.96. The summed E-state index contributed by atoms with van der Waals surface area (Å²) >= 11 is 0. The van der Waals surface area contributed by atoms with E-state index in [-0.39, 0.29) is 17.1 Å². The molecule has 3 heterocycles. The molecular formula is C18H13N9O2. The Labute approximate surface area is 163 Å². The van der Waals surface area contributed by atoms with Crippen LogP contribution in [0.25, 0.3) is 27.7 Å². The number of benzene rings is 1. The van der Waals surface area contributed by atoms with Gasteiger partial charge in [-0.25, -0.2) is 14.5 Å². The van der Waals surface area contributed by atoms with Gasteiger partial charge in [-0.1, -0.05) is 12.1 Å². The monoisotopic (exact) mass is 387 g/mol. The summed E-state index contributed by atoms with van der Waals surface area (Å²) in [5.74, 6) is -0.950. The van der Waals surface area contributed by atoms with Crippen molar-refractivity contribution >= 4 is 28.3 Å². The van der Waals surface area contributed by atoms with Gasteiger partial charge in [-0.15, -0.1) is 10.2 Å². The van der Waals surface area contributed by atoms with Crippen molar-refractivity contribution in [1.82, 2.24) is 35.4 Å². The Morgan fingerprint density at radius 2 is 2.24 bits per heavy atom. The highest BCUT2D eigenvalue weighted by Crippen LogP contribution is 2.31. The molecule has 0 aliphatic heterocycles. The highest BCUT2D eigenvalue weighted by atomic mass is 16.4. The molecule has 0 atom stereocenters. The quantitative estimate of drug-likeness (QED) is 0.434. The predicted molar refractivity (Wildman–Crippen MR) is 102 cm³/mol. The van der Waals surface area contributed by atoms with Crippen molar-refractivity contribution in [2.45, 2.75) is 0 Å². The lowest BCUT2D eigenvalue weighted by atomic mass is 10.0. The minimum absolute atomic E-state index is 0.0623. The number of aromatic carboxylic acids is 1. The van der Waals surface area contributed by atoms with Crippen LogP contribution in [0.15, 0.2) is 42.7 Å². The molecule has 0 unspecified atom stereocenters. The number of allylic oxidation sites excluding steroid dienone is 1. The number of carbonyl (C=O) groups is 1. The third-order valence-corrected chi connectivity index (χ3v) is 4.19. The van der Waals surface area contributed by atoms with Crippen LogP contribution in [0.3, 0.4) is 0 Å². The molecule has 0 amide bonds. The Balaban J connectivity index is 1.75. The molecule has 11 heteroatoms. The molecule has 3 aromatic heterocycles. The van der Waals surface area contributed by atoms with Gasteiger partial charge in [0, 0.05) is 25.1 Å². The lowest BCUT2D eigenvalue weighted by Crippen LogP contribution is -1.99. The standard InChI is InChI=1S/C18H13N9O2/c1-27-17-14(15(24-27)18(28)29)13(5-6-20-17)10-3-2-4-12(7-10)21-9-11(8-19)16-22-25-26-23-16/h2-7,9,21H,1H3,(H,28,29)(H,22,23,25,26). The predicted octanol–water partition coefficient (Wildman–Crippen LogP) is 1.82. The maximum Gasteiger partial charge on any atom is 0.357 e. The van der Waals surface area contributed by atoms with Crippen LogP contribution >= 0.6 is 0 Å². The third-order valence-electron chi connectivity index (χ3n) is 4.19. The fraction of sp³-hybridized carbons (Fsp3) is 0.0556. The van der Waals surface area contributed by atoms with Gasteiger partial charge in [-0.05, 0) is 34.5 Å². The van der Waals surface area contributed by atoms with Crippen LogP contribution in [-0.4, -0.2) is 46.5 Å². The topological polar surface area (TPSA) is 158 Å². The molecule has 0 bridgehead atoms. The zero-order chi connectivity index (χ0) is 20.4. The number of pyridine rings is 1. The number of aryl methyl sites for hydroxylation is 1. The van der Waals surface area contributed by atoms with Crippen molar-refractivity contribution in [2.24, 2.45) is 7.05 Å². The molecule has 0 aliphatic rings. The van der Waals surface area contributed by atoms with E-state index in [4.69, 9.17) is 0 Å². The summed E-state index contributed by atoms with van der Waals surface area (Å²) < 4.78 is 1.44. The normalized spacial score (nSPS) is 11.4. The summed E-state index contributed by atoms with van der Waals surface area (Å²) in [6, 6.07) is 11.0. The molecule has 0 saturated carbocycles. The zero-order valence-corrected chi connectivity index (χ0v) is 15.0. The Kier molecular flexibility index (Phi) is 4.42. The molecule has 0 aliphatic carbocycles. The van der Waals surface area contributed by atoms with Gasteiger partial charge in [-0.2, -0.15) is 15.6 Å². The molecule has 0 spiro atoms. The van der Waals surface area contributed by atoms with E-state index in [9.17, 15) is 15.2 Å². The molecule has 4 aromatic rings. The van der Waals surface area contributed by atoms with E-state index in [0.29, 0.717) is 22.3 Å². The minimum atomic E-state index is -1.12. The number of rotatable bonds is 5. The van der Waals surface area contributed by atoms with Crippen molar-refractivity contribution < 1.29 is 9.90 Å². The minimum Gasteiger partial charge on any atom is -0.476 e. The molecule has 0 radical (unpaired) electrons. The molecule has 0 fully saturated rings. The van der Waals surface area contributed by atoms with Crippen LogP contribution in [0.1, 0.15) is 16.3 Å². The molecule has 11 nitrogen and oxygen atoms in total. The van der Waals surface area contributed by atoms with E-state index < -0.39 is 5.97 Å². The van der Waals surface area contributed by atoms with E-state index in [2.05, 4.69) is 36.0 Å². The first-order valence-corrected chi connectivity index (χ1v) is 8.34. The van der Waals surface area contributed by atoms with Gasteiger partial charge in [0.15, 0.2) is 11.3 Å². The number of hydrogen-bond donors (Lipinski definition) is 3. The maximum atomic E-state index is 11.6. The van der Waals surface area contributed by atoms with Gasteiger partial charge < -0.3 is 10.4 Å². The highest BCUT2D eigenvalue weighted by Gasteiger charge is 2.20. The largest absolute Gasteiger partial charge is 0.476 e. The summed E-state index contributed by atoms with van der Waals surface area (Å²) in [5, 5.41) is 39.6. The molecule has 0 saturated heterocycles. The number of carboxylic acids is 1. The van der Waals surface area contributed by atoms with Crippen LogP contribution < -0.4 is 5.32 Å². The van der Waals surface area contributed by atoms with E-state index in [1.54, 1.807) is 19.3 Å². The fourth-order valence-electron chi connectivity index (χ4n) is 2.92. The lowest BCUT2D eigenvalue weighted by Gasteiger charge is -2.07. The first-order valence-electron chi connectivity index (χ1n) is 8.34. The molecule has 142 valence electrons. The Morgan fingerprint density at radius 3 is 2.97 bits per heavy atom.